The average Bonchev–Trinajstić information content (AvgIpc) is 3.35. The molecule has 0 bridgehead atoms. The van der Waals surface area contributed by atoms with E-state index >= 15 is 0 Å². The molecule has 4 aliphatic rings. The summed E-state index contributed by atoms with van der Waals surface area (Å²) in [5.74, 6) is 0.246. The van der Waals surface area contributed by atoms with Gasteiger partial charge in [0.15, 0.2) is 0 Å². The fraction of sp³-hybridized carbons (Fsp3) is 0.682. The first-order chi connectivity index (χ1) is 13.7. The Morgan fingerprint density at radius 2 is 1.97 bits per heavy atom. The molecule has 1 saturated carbocycles. The van der Waals surface area contributed by atoms with Crippen molar-refractivity contribution in [1.82, 2.24) is 9.80 Å². The van der Waals surface area contributed by atoms with Crippen LogP contribution in [0.25, 0.3) is 0 Å². The van der Waals surface area contributed by atoms with Crippen LogP contribution in [0.2, 0.25) is 0 Å². The molecule has 7 heteroatoms. The van der Waals surface area contributed by atoms with Crippen molar-refractivity contribution in [2.45, 2.75) is 70.0 Å². The molecular formula is C22H26F4N2O. The van der Waals surface area contributed by atoms with Gasteiger partial charge in [0.1, 0.15) is 6.17 Å². The summed E-state index contributed by atoms with van der Waals surface area (Å²) in [7, 11) is 0. The number of amides is 1. The summed E-state index contributed by atoms with van der Waals surface area (Å²) in [5, 5.41) is 0. The van der Waals surface area contributed by atoms with Gasteiger partial charge in [-0.05, 0) is 61.3 Å². The highest BCUT2D eigenvalue weighted by atomic mass is 19.4. The third kappa shape index (κ3) is 2.91. The van der Waals surface area contributed by atoms with Gasteiger partial charge in [0, 0.05) is 31.7 Å². The van der Waals surface area contributed by atoms with E-state index < -0.39 is 23.3 Å². The molecule has 3 heterocycles. The van der Waals surface area contributed by atoms with E-state index in [0.29, 0.717) is 24.9 Å². The highest BCUT2D eigenvalue weighted by Gasteiger charge is 2.60. The molecule has 1 spiro atoms. The number of nitrogens with zero attached hydrogens (tertiary/aromatic N) is 2. The van der Waals surface area contributed by atoms with Crippen LogP contribution in [-0.4, -0.2) is 47.1 Å². The van der Waals surface area contributed by atoms with Gasteiger partial charge in [0.05, 0.1) is 11.0 Å². The summed E-state index contributed by atoms with van der Waals surface area (Å²) in [5.41, 5.74) is 0.437. The van der Waals surface area contributed by atoms with Crippen molar-refractivity contribution < 1.29 is 22.4 Å². The monoisotopic (exact) mass is 410 g/mol. The first-order valence-corrected chi connectivity index (χ1v) is 10.6. The van der Waals surface area contributed by atoms with Crippen molar-refractivity contribution in [3.63, 3.8) is 0 Å². The van der Waals surface area contributed by atoms with Gasteiger partial charge in [-0.25, -0.2) is 4.39 Å². The first-order valence-electron chi connectivity index (χ1n) is 10.6. The maximum absolute atomic E-state index is 13.7. The minimum Gasteiger partial charge on any atom is -0.334 e. The zero-order valence-corrected chi connectivity index (χ0v) is 16.5. The van der Waals surface area contributed by atoms with Crippen LogP contribution in [0.3, 0.4) is 0 Å². The smallest absolute Gasteiger partial charge is 0.334 e. The summed E-state index contributed by atoms with van der Waals surface area (Å²) in [4.78, 5) is 17.5. The largest absolute Gasteiger partial charge is 0.416 e. The SMILES string of the molecule is CC1C2Cc3ccc(C(F)(F)F)cc3CN2C(=O)[C@]12CC[C@@H](N1CC[C@H](F)C1)C2. The molecule has 0 N–H and O–H groups in total. The fourth-order valence-electron chi connectivity index (χ4n) is 6.35. The molecule has 158 valence electrons. The number of hydrogen-bond acceptors (Lipinski definition) is 2. The van der Waals surface area contributed by atoms with Crippen molar-refractivity contribution in [1.29, 1.82) is 0 Å². The molecule has 3 nitrogen and oxygen atoms in total. The lowest BCUT2D eigenvalue weighted by Gasteiger charge is -2.33. The lowest BCUT2D eigenvalue weighted by molar-refractivity contribution is -0.138. The molecule has 1 aromatic rings. The molecule has 5 rings (SSSR count). The molecule has 0 aromatic heterocycles. The van der Waals surface area contributed by atoms with Crippen LogP contribution in [0.5, 0.6) is 0 Å². The van der Waals surface area contributed by atoms with Gasteiger partial charge >= 0.3 is 6.18 Å². The summed E-state index contributed by atoms with van der Waals surface area (Å²) >= 11 is 0. The molecule has 5 atom stereocenters. The van der Waals surface area contributed by atoms with Gasteiger partial charge in [-0.15, -0.1) is 0 Å². The lowest BCUT2D eigenvalue weighted by atomic mass is 9.73. The Labute approximate surface area is 168 Å². The average molecular weight is 410 g/mol. The van der Waals surface area contributed by atoms with E-state index in [2.05, 4.69) is 11.8 Å². The molecule has 1 aromatic carbocycles. The Morgan fingerprint density at radius 1 is 1.17 bits per heavy atom. The van der Waals surface area contributed by atoms with Gasteiger partial charge in [-0.3, -0.25) is 9.69 Å². The quantitative estimate of drug-likeness (QED) is 0.648. The van der Waals surface area contributed by atoms with Gasteiger partial charge in [0.25, 0.3) is 0 Å². The van der Waals surface area contributed by atoms with Crippen LogP contribution < -0.4 is 0 Å². The van der Waals surface area contributed by atoms with Gasteiger partial charge in [0.2, 0.25) is 5.91 Å². The van der Waals surface area contributed by atoms with Crippen LogP contribution in [0, 0.1) is 11.3 Å². The molecular weight excluding hydrogens is 384 g/mol. The highest BCUT2D eigenvalue weighted by molar-refractivity contribution is 5.87. The Balaban J connectivity index is 1.39. The van der Waals surface area contributed by atoms with Gasteiger partial charge in [-0.2, -0.15) is 13.2 Å². The van der Waals surface area contributed by atoms with Crippen LogP contribution in [0.15, 0.2) is 18.2 Å². The number of benzene rings is 1. The second-order valence-corrected chi connectivity index (χ2v) is 9.41. The van der Waals surface area contributed by atoms with Crippen molar-refractivity contribution in [2.24, 2.45) is 11.3 Å². The zero-order chi connectivity index (χ0) is 20.6. The predicted molar refractivity (Wildman–Crippen MR) is 99.8 cm³/mol. The molecule has 2 unspecified atom stereocenters. The third-order valence-corrected chi connectivity index (χ3v) is 8.04. The minimum absolute atomic E-state index is 0.0398. The van der Waals surface area contributed by atoms with E-state index in [0.717, 1.165) is 37.4 Å². The number of carbonyl (C=O) groups is 1. The molecule has 1 aliphatic carbocycles. The number of likely N-dealkylation sites (tertiary alicyclic amines) is 1. The van der Waals surface area contributed by atoms with Crippen LogP contribution in [0.1, 0.15) is 49.3 Å². The van der Waals surface area contributed by atoms with E-state index in [9.17, 15) is 22.4 Å². The van der Waals surface area contributed by atoms with Crippen molar-refractivity contribution in [3.05, 3.63) is 34.9 Å². The molecule has 3 aliphatic heterocycles. The second-order valence-electron chi connectivity index (χ2n) is 9.41. The lowest BCUT2D eigenvalue weighted by Crippen LogP contribution is -2.40. The Morgan fingerprint density at radius 3 is 2.66 bits per heavy atom. The third-order valence-electron chi connectivity index (χ3n) is 8.04. The summed E-state index contributed by atoms with van der Waals surface area (Å²) < 4.78 is 53.0. The van der Waals surface area contributed by atoms with Gasteiger partial charge < -0.3 is 4.90 Å². The first kappa shape index (κ1) is 19.3. The molecule has 0 radical (unpaired) electrons. The minimum atomic E-state index is -4.38. The second kappa shape index (κ2) is 6.43. The molecule has 1 amide bonds. The maximum Gasteiger partial charge on any atom is 0.416 e. The van der Waals surface area contributed by atoms with E-state index in [1.807, 2.05) is 4.90 Å². The fourth-order valence-corrected chi connectivity index (χ4v) is 6.35. The number of rotatable bonds is 1. The van der Waals surface area contributed by atoms with Gasteiger partial charge in [-0.1, -0.05) is 13.0 Å². The normalized spacial score (nSPS) is 37.4. The topological polar surface area (TPSA) is 23.6 Å². The Hall–Kier alpha value is -1.63. The number of fused-ring (bicyclic) bond motifs is 2. The van der Waals surface area contributed by atoms with E-state index in [1.54, 1.807) is 6.07 Å². The predicted octanol–water partition coefficient (Wildman–Crippen LogP) is 4.19. The summed E-state index contributed by atoms with van der Waals surface area (Å²) in [6.45, 7) is 3.60. The Bertz CT molecular complexity index is 841. The van der Waals surface area contributed by atoms with Crippen molar-refractivity contribution >= 4 is 5.91 Å². The Kier molecular flexibility index (Phi) is 4.29. The molecule has 2 saturated heterocycles. The molecule has 3 fully saturated rings. The maximum atomic E-state index is 13.7. The zero-order valence-electron chi connectivity index (χ0n) is 16.5. The number of hydrogen-bond donors (Lipinski definition) is 0. The van der Waals surface area contributed by atoms with E-state index in [-0.39, 0.29) is 30.5 Å². The van der Waals surface area contributed by atoms with Crippen molar-refractivity contribution in [3.8, 4) is 0 Å². The number of alkyl halides is 4. The van der Waals surface area contributed by atoms with Crippen molar-refractivity contribution in [2.75, 3.05) is 13.1 Å². The number of carbonyl (C=O) groups excluding carboxylic acids is 1. The molecule has 29 heavy (non-hydrogen) atoms. The van der Waals surface area contributed by atoms with E-state index in [4.69, 9.17) is 0 Å². The standard InChI is InChI=1S/C22H26F4N2O/c1-13-19-9-14-2-3-16(22(24,25)26)8-15(14)11-28(19)20(29)21(13)6-4-18(10-21)27-7-5-17(23)12-27/h2-3,8,13,17-19H,4-7,9-12H2,1H3/t13?,17-,18+,19?,21-/m0/s1. The summed E-state index contributed by atoms with van der Waals surface area (Å²) in [6, 6.07) is 4.22. The van der Waals surface area contributed by atoms with Crippen LogP contribution in [0.4, 0.5) is 17.6 Å². The number of halogens is 4. The van der Waals surface area contributed by atoms with Crippen LogP contribution >= 0.6 is 0 Å². The highest BCUT2D eigenvalue weighted by Crippen LogP contribution is 2.55. The van der Waals surface area contributed by atoms with Crippen LogP contribution in [-0.2, 0) is 23.9 Å². The summed E-state index contributed by atoms with van der Waals surface area (Å²) in [6.07, 6.45) is -1.53. The van der Waals surface area contributed by atoms with E-state index in [1.165, 1.54) is 6.07 Å².